The largest absolute Gasteiger partial charge is 0.465 e. The van der Waals surface area contributed by atoms with Gasteiger partial charge in [0, 0.05) is 0 Å². The number of halogens is 6. The molecule has 0 spiro atoms. The Labute approximate surface area is 111 Å². The fourth-order valence-electron chi connectivity index (χ4n) is 1.16. The van der Waals surface area contributed by atoms with Gasteiger partial charge < -0.3 is 15.2 Å². The second kappa shape index (κ2) is 6.61. The fraction of sp³-hybridized carbons (Fsp3) is 0.900. The molecule has 120 valence electrons. The molecule has 0 aliphatic carbocycles. The van der Waals surface area contributed by atoms with Crippen molar-refractivity contribution in [2.75, 3.05) is 13.2 Å². The summed E-state index contributed by atoms with van der Waals surface area (Å²) in [7, 11) is 0. The van der Waals surface area contributed by atoms with E-state index in [2.05, 4.69) is 9.47 Å². The van der Waals surface area contributed by atoms with Gasteiger partial charge in [0.05, 0.1) is 13.2 Å². The van der Waals surface area contributed by atoms with Crippen LogP contribution < -0.4 is 5.73 Å². The quantitative estimate of drug-likeness (QED) is 0.603. The first-order chi connectivity index (χ1) is 8.82. The Morgan fingerprint density at radius 1 is 1.15 bits per heavy atom. The van der Waals surface area contributed by atoms with Crippen molar-refractivity contribution in [2.24, 2.45) is 5.73 Å². The topological polar surface area (TPSA) is 61.5 Å². The van der Waals surface area contributed by atoms with E-state index in [4.69, 9.17) is 5.73 Å². The van der Waals surface area contributed by atoms with Gasteiger partial charge in [-0.25, -0.2) is 0 Å². The van der Waals surface area contributed by atoms with Gasteiger partial charge >= 0.3 is 18.3 Å². The van der Waals surface area contributed by atoms with Gasteiger partial charge in [-0.15, -0.1) is 0 Å². The Hall–Kier alpha value is -1.03. The van der Waals surface area contributed by atoms with E-state index in [1.807, 2.05) is 0 Å². The molecule has 4 nitrogen and oxygen atoms in total. The molecule has 0 radical (unpaired) electrons. The van der Waals surface area contributed by atoms with E-state index >= 15 is 0 Å². The summed E-state index contributed by atoms with van der Waals surface area (Å²) in [5.74, 6) is -0.931. The third-order valence-electron chi connectivity index (χ3n) is 2.24. The summed E-state index contributed by atoms with van der Waals surface area (Å²) < 4.78 is 81.2. The van der Waals surface area contributed by atoms with E-state index in [-0.39, 0.29) is 6.61 Å². The first kappa shape index (κ1) is 19.0. The highest BCUT2D eigenvalue weighted by atomic mass is 19.4. The first-order valence-electron chi connectivity index (χ1n) is 5.53. The van der Waals surface area contributed by atoms with Crippen LogP contribution in [0.25, 0.3) is 0 Å². The molecule has 0 aliphatic heterocycles. The molecule has 20 heavy (non-hydrogen) atoms. The van der Waals surface area contributed by atoms with Crippen LogP contribution in [0, 0.1) is 0 Å². The molecule has 0 aliphatic rings. The lowest BCUT2D eigenvalue weighted by Gasteiger charge is -2.26. The van der Waals surface area contributed by atoms with Crippen molar-refractivity contribution in [1.29, 1.82) is 0 Å². The van der Waals surface area contributed by atoms with Crippen LogP contribution in [0.15, 0.2) is 0 Å². The standard InChI is InChI=1S/C10H15F6NO3/c1-3-19-7(18)8(2,17)4-5-20-6(9(11,12)13)10(14,15)16/h6H,3-5,17H2,1-2H3. The van der Waals surface area contributed by atoms with Crippen LogP contribution in [0.4, 0.5) is 26.3 Å². The van der Waals surface area contributed by atoms with Crippen molar-refractivity contribution in [3.05, 3.63) is 0 Å². The molecule has 0 saturated heterocycles. The van der Waals surface area contributed by atoms with Crippen LogP contribution in [0.2, 0.25) is 0 Å². The van der Waals surface area contributed by atoms with Crippen molar-refractivity contribution in [2.45, 2.75) is 44.3 Å². The zero-order valence-electron chi connectivity index (χ0n) is 10.8. The van der Waals surface area contributed by atoms with Gasteiger partial charge in [0.25, 0.3) is 0 Å². The highest BCUT2D eigenvalue weighted by molar-refractivity contribution is 5.79. The van der Waals surface area contributed by atoms with Crippen molar-refractivity contribution in [3.8, 4) is 0 Å². The third kappa shape index (κ3) is 5.95. The lowest BCUT2D eigenvalue weighted by Crippen LogP contribution is -2.49. The number of hydrogen-bond acceptors (Lipinski definition) is 4. The Bertz CT molecular complexity index is 312. The van der Waals surface area contributed by atoms with Gasteiger partial charge in [0.15, 0.2) is 0 Å². The normalized spacial score (nSPS) is 16.1. The summed E-state index contributed by atoms with van der Waals surface area (Å²) >= 11 is 0. The van der Waals surface area contributed by atoms with Crippen LogP contribution in [-0.2, 0) is 14.3 Å². The Balaban J connectivity index is 4.57. The molecule has 0 amide bonds. The third-order valence-corrected chi connectivity index (χ3v) is 2.24. The van der Waals surface area contributed by atoms with Gasteiger partial charge in [-0.3, -0.25) is 4.79 Å². The lowest BCUT2D eigenvalue weighted by atomic mass is 10.0. The minimum atomic E-state index is -5.59. The van der Waals surface area contributed by atoms with Gasteiger partial charge in [0.1, 0.15) is 5.54 Å². The molecule has 10 heteroatoms. The second-order valence-corrected chi connectivity index (χ2v) is 4.22. The predicted molar refractivity (Wildman–Crippen MR) is 55.7 cm³/mol. The van der Waals surface area contributed by atoms with E-state index in [9.17, 15) is 31.1 Å². The fourth-order valence-corrected chi connectivity index (χ4v) is 1.16. The lowest BCUT2D eigenvalue weighted by molar-refractivity contribution is -0.322. The summed E-state index contributed by atoms with van der Waals surface area (Å²) in [6.45, 7) is 1.61. The molecule has 0 aromatic heterocycles. The number of carbonyl (C=O) groups excluding carboxylic acids is 1. The number of alkyl halides is 6. The number of hydrogen-bond donors (Lipinski definition) is 1. The van der Waals surface area contributed by atoms with Crippen LogP contribution in [-0.4, -0.2) is 43.2 Å². The summed E-state index contributed by atoms with van der Waals surface area (Å²) in [5.41, 5.74) is 3.71. The van der Waals surface area contributed by atoms with E-state index in [0.29, 0.717) is 0 Å². The maximum atomic E-state index is 12.1. The molecular formula is C10H15F6NO3. The van der Waals surface area contributed by atoms with Crippen molar-refractivity contribution < 1.29 is 40.6 Å². The van der Waals surface area contributed by atoms with Gasteiger partial charge in [-0.05, 0) is 20.3 Å². The summed E-state index contributed by atoms with van der Waals surface area (Å²) in [6.07, 6.45) is -15.6. The summed E-state index contributed by atoms with van der Waals surface area (Å²) in [6, 6.07) is 0. The van der Waals surface area contributed by atoms with Gasteiger partial charge in [-0.2, -0.15) is 26.3 Å². The number of carbonyl (C=O) groups is 1. The van der Waals surface area contributed by atoms with Gasteiger partial charge in [0.2, 0.25) is 6.10 Å². The molecule has 0 fully saturated rings. The molecule has 0 bridgehead atoms. The van der Waals surface area contributed by atoms with E-state index in [1.165, 1.54) is 6.92 Å². The predicted octanol–water partition coefficient (Wildman–Crippen LogP) is 2.17. The molecule has 2 N–H and O–H groups in total. The van der Waals surface area contributed by atoms with Crippen LogP contribution in [0.3, 0.4) is 0 Å². The highest BCUT2D eigenvalue weighted by Crippen LogP contribution is 2.35. The van der Waals surface area contributed by atoms with Gasteiger partial charge in [-0.1, -0.05) is 0 Å². The van der Waals surface area contributed by atoms with E-state index in [1.54, 1.807) is 0 Å². The molecule has 1 atom stereocenters. The SMILES string of the molecule is CCOC(=O)C(C)(N)CCOC(C(F)(F)F)C(F)(F)F. The minimum Gasteiger partial charge on any atom is -0.465 e. The molecule has 0 heterocycles. The van der Waals surface area contributed by atoms with E-state index in [0.717, 1.165) is 6.92 Å². The molecule has 1 unspecified atom stereocenters. The number of ether oxygens (including phenoxy) is 2. The highest BCUT2D eigenvalue weighted by Gasteiger charge is 2.58. The molecule has 0 aromatic rings. The Morgan fingerprint density at radius 2 is 1.60 bits per heavy atom. The van der Waals surface area contributed by atoms with Crippen molar-refractivity contribution >= 4 is 5.97 Å². The summed E-state index contributed by atoms with van der Waals surface area (Å²) in [5, 5.41) is 0. The van der Waals surface area contributed by atoms with E-state index < -0.39 is 43.0 Å². The first-order valence-corrected chi connectivity index (χ1v) is 5.53. The zero-order chi connectivity index (χ0) is 16.2. The monoisotopic (exact) mass is 311 g/mol. The van der Waals surface area contributed by atoms with Crippen LogP contribution in [0.5, 0.6) is 0 Å². The van der Waals surface area contributed by atoms with Crippen LogP contribution in [0.1, 0.15) is 20.3 Å². The number of nitrogens with two attached hydrogens (primary N) is 1. The number of esters is 1. The zero-order valence-corrected chi connectivity index (χ0v) is 10.8. The maximum absolute atomic E-state index is 12.1. The van der Waals surface area contributed by atoms with Crippen molar-refractivity contribution in [1.82, 2.24) is 0 Å². The Kier molecular flexibility index (Phi) is 6.27. The molecular weight excluding hydrogens is 296 g/mol. The maximum Gasteiger partial charge on any atom is 0.423 e. The number of rotatable bonds is 6. The summed E-state index contributed by atoms with van der Waals surface area (Å²) in [4.78, 5) is 11.3. The molecule has 0 aromatic carbocycles. The minimum absolute atomic E-state index is 0.0137. The second-order valence-electron chi connectivity index (χ2n) is 4.22. The average Bonchev–Trinajstić information content (AvgIpc) is 2.21. The molecule has 0 saturated carbocycles. The average molecular weight is 311 g/mol. The molecule has 0 rings (SSSR count). The van der Waals surface area contributed by atoms with Crippen molar-refractivity contribution in [3.63, 3.8) is 0 Å². The smallest absolute Gasteiger partial charge is 0.423 e. The van der Waals surface area contributed by atoms with Crippen LogP contribution >= 0.6 is 0 Å². The Morgan fingerprint density at radius 3 is 1.95 bits per heavy atom.